The van der Waals surface area contributed by atoms with Gasteiger partial charge in [-0.3, -0.25) is 0 Å². The van der Waals surface area contributed by atoms with Gasteiger partial charge in [-0.2, -0.15) is 0 Å². The van der Waals surface area contributed by atoms with Crippen LogP contribution in [0.1, 0.15) is 23.5 Å². The van der Waals surface area contributed by atoms with Crippen molar-refractivity contribution >= 4 is 35.2 Å². The van der Waals surface area contributed by atoms with Crippen LogP contribution >= 0.6 is 0 Å². The van der Waals surface area contributed by atoms with Gasteiger partial charge in [0.05, 0.1) is 13.7 Å². The fourth-order valence-corrected chi connectivity index (χ4v) is 7.20. The van der Waals surface area contributed by atoms with E-state index in [4.69, 9.17) is 11.3 Å². The molecule has 1 radical (unpaired) electrons. The first-order valence-corrected chi connectivity index (χ1v) is 19.7. The van der Waals surface area contributed by atoms with Crippen LogP contribution in [0.4, 0.5) is 0 Å². The topological polar surface area (TPSA) is 38.9 Å². The number of fused-ring (bicyclic) bond motifs is 3. The van der Waals surface area contributed by atoms with Gasteiger partial charge in [-0.05, 0) is 52.6 Å². The van der Waals surface area contributed by atoms with Gasteiger partial charge < -0.3 is 14.4 Å². The normalized spacial score (nSPS) is 13.1. The van der Waals surface area contributed by atoms with Crippen LogP contribution in [-0.2, 0) is 26.5 Å². The molecule has 0 saturated heterocycles. The molecule has 0 amide bonds. The zero-order valence-electron chi connectivity index (χ0n) is 33.0. The van der Waals surface area contributed by atoms with Gasteiger partial charge in [0.2, 0.25) is 0 Å². The Balaban J connectivity index is 0.000000186. The summed E-state index contributed by atoms with van der Waals surface area (Å²) in [4.78, 5) is 9.18. The molecule has 0 bridgehead atoms. The Kier molecular flexibility index (Phi) is 8.84. The van der Waals surface area contributed by atoms with Crippen molar-refractivity contribution in [2.24, 2.45) is 0 Å². The first-order chi connectivity index (χ1) is 25.8. The van der Waals surface area contributed by atoms with E-state index in [0.717, 1.165) is 55.1 Å². The van der Waals surface area contributed by atoms with Gasteiger partial charge in [-0.25, -0.2) is 0 Å². The average Bonchev–Trinajstić information content (AvgIpc) is 3.56. The second-order valence-corrected chi connectivity index (χ2v) is 17.9. The fourth-order valence-electron chi connectivity index (χ4n) is 5.80. The molecule has 0 N–H and O–H groups in total. The van der Waals surface area contributed by atoms with Gasteiger partial charge in [0.15, 0.2) is 0 Å². The standard InChI is InChI=1S/C24H16NO.C21H22NSi.Ir/c1-16-13-22(25-15-21(16)17-7-3-2-4-8-17)18-11-12-24-20(14-18)19-9-5-6-10-23(19)26-24;1-23(2,3)21-16-22-20(18-12-8-5-9-13-18)15-19(21)14-17-10-6-4-7-11-17;/h2-10,12-15H,1H3;4-12,15-16H,14H2,1-3H3;/q2*-1;/i1D3;14D2;. The summed E-state index contributed by atoms with van der Waals surface area (Å²) in [5, 5.41) is 3.02. The summed E-state index contributed by atoms with van der Waals surface area (Å²) in [6, 6.07) is 48.0. The van der Waals surface area contributed by atoms with Gasteiger partial charge in [-0.15, -0.1) is 59.7 Å². The molecular formula is C45H38IrN2OSi-2. The Hall–Kier alpha value is -4.93. The third kappa shape index (κ3) is 7.77. The Morgan fingerprint density at radius 1 is 0.700 bits per heavy atom. The Labute approximate surface area is 316 Å². The monoisotopic (exact) mass is 848 g/mol. The van der Waals surface area contributed by atoms with Crippen LogP contribution in [0.15, 0.2) is 150 Å². The van der Waals surface area contributed by atoms with E-state index < -0.39 is 21.3 Å². The van der Waals surface area contributed by atoms with Crippen LogP contribution in [0.5, 0.6) is 0 Å². The molecule has 50 heavy (non-hydrogen) atoms. The predicted octanol–water partition coefficient (Wildman–Crippen LogP) is 11.1. The first kappa shape index (κ1) is 28.9. The summed E-state index contributed by atoms with van der Waals surface area (Å²) >= 11 is 0. The average molecular weight is 848 g/mol. The summed E-state index contributed by atoms with van der Waals surface area (Å²) in [6.45, 7) is 4.42. The summed E-state index contributed by atoms with van der Waals surface area (Å²) in [6.07, 6.45) is 1.94. The molecule has 8 aromatic rings. The van der Waals surface area contributed by atoms with E-state index in [1.165, 1.54) is 0 Å². The number of rotatable bonds is 6. The Morgan fingerprint density at radius 2 is 1.40 bits per heavy atom. The number of pyridine rings is 2. The molecule has 5 aromatic carbocycles. The van der Waals surface area contributed by atoms with E-state index in [-0.39, 0.29) is 25.7 Å². The van der Waals surface area contributed by atoms with Gasteiger partial charge >= 0.3 is 0 Å². The third-order valence-corrected chi connectivity index (χ3v) is 10.3. The summed E-state index contributed by atoms with van der Waals surface area (Å²) < 4.78 is 47.6. The molecule has 0 aliphatic rings. The Morgan fingerprint density at radius 3 is 2.14 bits per heavy atom. The van der Waals surface area contributed by atoms with Crippen LogP contribution in [0.3, 0.4) is 0 Å². The maximum absolute atomic E-state index is 8.84. The number of hydrogen-bond donors (Lipinski definition) is 0. The van der Waals surface area contributed by atoms with Gasteiger partial charge in [0.25, 0.3) is 0 Å². The number of para-hydroxylation sites is 1. The quantitative estimate of drug-likeness (QED) is 0.124. The van der Waals surface area contributed by atoms with Gasteiger partial charge in [0, 0.05) is 50.3 Å². The number of nitrogens with zero attached hydrogens (tertiary/aromatic N) is 2. The van der Waals surface area contributed by atoms with Gasteiger partial charge in [0.1, 0.15) is 5.58 Å². The molecule has 0 aliphatic heterocycles. The zero-order chi connectivity index (χ0) is 38.1. The van der Waals surface area contributed by atoms with Crippen LogP contribution in [-0.4, -0.2) is 18.0 Å². The minimum Gasteiger partial charge on any atom is -0.500 e. The number of benzene rings is 5. The van der Waals surface area contributed by atoms with E-state index >= 15 is 0 Å². The maximum atomic E-state index is 8.84. The van der Waals surface area contributed by atoms with E-state index in [9.17, 15) is 0 Å². The molecule has 0 fully saturated rings. The summed E-state index contributed by atoms with van der Waals surface area (Å²) in [5.74, 6) is 0. The van der Waals surface area contributed by atoms with Crippen molar-refractivity contribution < 1.29 is 31.4 Å². The fraction of sp³-hybridized carbons (Fsp3) is 0.111. The van der Waals surface area contributed by atoms with Crippen LogP contribution in [0.2, 0.25) is 19.6 Å². The number of aromatic nitrogens is 2. The molecule has 8 rings (SSSR count). The van der Waals surface area contributed by atoms with Gasteiger partial charge in [-0.1, -0.05) is 122 Å². The molecule has 3 heterocycles. The molecular weight excluding hydrogens is 805 g/mol. The molecule has 3 nitrogen and oxygen atoms in total. The summed E-state index contributed by atoms with van der Waals surface area (Å²) in [7, 11) is -1.76. The number of furan rings is 1. The maximum Gasteiger partial charge on any atom is 0.120 e. The van der Waals surface area contributed by atoms with Crippen LogP contribution in [0.25, 0.3) is 55.6 Å². The second kappa shape index (κ2) is 15.3. The SMILES string of the molecule is [2H]C([2H])([2H])c1cc(-c2[c-]cc3oc4ccccc4c3c2)ncc1-c1ccccc1.[2H]C([2H])(c1ccccc1)c1cc(-c2[c-]cccc2)ncc1[Si](C)(C)C.[Ir]. The largest absolute Gasteiger partial charge is 0.500 e. The Bertz CT molecular complexity index is 2550. The van der Waals surface area contributed by atoms with E-state index in [0.29, 0.717) is 16.8 Å². The minimum atomic E-state index is -2.25. The number of aryl methyl sites for hydroxylation is 1. The smallest absolute Gasteiger partial charge is 0.120 e. The van der Waals surface area contributed by atoms with E-state index in [1.807, 2.05) is 128 Å². The van der Waals surface area contributed by atoms with Crippen LogP contribution < -0.4 is 5.19 Å². The molecule has 0 unspecified atom stereocenters. The van der Waals surface area contributed by atoms with Crippen molar-refractivity contribution in [2.45, 2.75) is 32.9 Å². The van der Waals surface area contributed by atoms with Crippen molar-refractivity contribution in [3.05, 3.63) is 175 Å². The second-order valence-electron chi connectivity index (χ2n) is 12.8. The molecule has 3 aromatic heterocycles. The van der Waals surface area contributed by atoms with Crippen molar-refractivity contribution in [1.82, 2.24) is 9.97 Å². The number of hydrogen-bond acceptors (Lipinski definition) is 3. The van der Waals surface area contributed by atoms with Crippen molar-refractivity contribution in [1.29, 1.82) is 0 Å². The van der Waals surface area contributed by atoms with Crippen molar-refractivity contribution in [3.63, 3.8) is 0 Å². The van der Waals surface area contributed by atoms with Crippen molar-refractivity contribution in [2.75, 3.05) is 0 Å². The molecule has 0 atom stereocenters. The third-order valence-electron chi connectivity index (χ3n) is 8.32. The molecule has 5 heteroatoms. The van der Waals surface area contributed by atoms with E-state index in [1.54, 1.807) is 18.3 Å². The van der Waals surface area contributed by atoms with Crippen molar-refractivity contribution in [3.8, 4) is 33.6 Å². The molecule has 249 valence electrons. The zero-order valence-corrected chi connectivity index (χ0v) is 31.4. The van der Waals surface area contributed by atoms with Crippen LogP contribution in [0, 0.1) is 19.0 Å². The van der Waals surface area contributed by atoms with E-state index in [2.05, 4.69) is 41.7 Å². The minimum absolute atomic E-state index is 0. The molecule has 0 spiro atoms. The molecule has 0 saturated carbocycles. The first-order valence-electron chi connectivity index (χ1n) is 18.7. The predicted molar refractivity (Wildman–Crippen MR) is 207 cm³/mol. The summed E-state index contributed by atoms with van der Waals surface area (Å²) in [5.41, 5.74) is 7.62. The molecule has 0 aliphatic carbocycles.